The van der Waals surface area contributed by atoms with Crippen molar-refractivity contribution in [3.63, 3.8) is 0 Å². The van der Waals surface area contributed by atoms with Crippen molar-refractivity contribution in [3.8, 4) is 0 Å². The van der Waals surface area contributed by atoms with E-state index in [1.54, 1.807) is 42.1 Å². The van der Waals surface area contributed by atoms with E-state index in [1.807, 2.05) is 12.1 Å². The van der Waals surface area contributed by atoms with E-state index >= 15 is 0 Å². The number of hydrogen-bond acceptors (Lipinski definition) is 7. The third kappa shape index (κ3) is 10.4. The van der Waals surface area contributed by atoms with Gasteiger partial charge in [0.1, 0.15) is 31.0 Å². The Morgan fingerprint density at radius 1 is 0.831 bits per heavy atom. The second kappa shape index (κ2) is 19.1. The van der Waals surface area contributed by atoms with Crippen LogP contribution in [0.25, 0.3) is 0 Å². The van der Waals surface area contributed by atoms with Gasteiger partial charge >= 0.3 is 12.4 Å². The number of nitrogens with zero attached hydrogens (tertiary/aromatic N) is 4. The fourth-order valence-electron chi connectivity index (χ4n) is 9.31. The summed E-state index contributed by atoms with van der Waals surface area (Å²) in [6, 6.07) is 20.8. The Morgan fingerprint density at radius 3 is 2.15 bits per heavy atom. The molecule has 2 atom stereocenters. The molecule has 2 fully saturated rings. The molecule has 0 aromatic heterocycles. The molecule has 10 nitrogen and oxygen atoms in total. The fraction of sp³-hybridized carbons (Fsp3) is 0.417. The van der Waals surface area contributed by atoms with Gasteiger partial charge in [-0.2, -0.15) is 26.3 Å². The summed E-state index contributed by atoms with van der Waals surface area (Å²) in [5.41, 5.74) is -2.03. The van der Waals surface area contributed by atoms with Crippen molar-refractivity contribution < 1.29 is 59.4 Å². The van der Waals surface area contributed by atoms with E-state index < -0.39 is 58.5 Å². The molecule has 3 amide bonds. The number of halogens is 7. The Labute approximate surface area is 371 Å². The van der Waals surface area contributed by atoms with Crippen molar-refractivity contribution in [2.24, 2.45) is 0 Å². The van der Waals surface area contributed by atoms with Crippen molar-refractivity contribution in [1.82, 2.24) is 19.6 Å². The van der Waals surface area contributed by atoms with E-state index in [9.17, 15) is 49.9 Å². The minimum atomic E-state index is -5.14. The van der Waals surface area contributed by atoms with Crippen LogP contribution in [-0.4, -0.2) is 116 Å². The molecule has 4 aromatic rings. The normalized spacial score (nSPS) is 19.6. The second-order valence-electron chi connectivity index (χ2n) is 17.1. The molecular weight excluding hydrogens is 862 g/mol. The number of fused-ring (bicyclic) bond motifs is 2. The highest BCUT2D eigenvalue weighted by Crippen LogP contribution is 2.48. The number of likely N-dealkylation sites (tertiary alicyclic amines) is 1. The van der Waals surface area contributed by atoms with Gasteiger partial charge in [-0.1, -0.05) is 48.5 Å². The van der Waals surface area contributed by atoms with Crippen LogP contribution in [0.5, 0.6) is 0 Å². The Balaban J connectivity index is 0.980. The molecule has 0 unspecified atom stereocenters. The first-order valence-corrected chi connectivity index (χ1v) is 21.3. The Bertz CT molecular complexity index is 2350. The van der Waals surface area contributed by atoms with Crippen LogP contribution in [0, 0.1) is 5.82 Å². The fourth-order valence-corrected chi connectivity index (χ4v) is 9.31. The molecule has 17 heteroatoms. The minimum Gasteiger partial charge on any atom is -0.367 e. The third-order valence-corrected chi connectivity index (χ3v) is 13.0. The third-order valence-electron chi connectivity index (χ3n) is 13.0. The summed E-state index contributed by atoms with van der Waals surface area (Å²) in [6.07, 6.45) is -7.12. The smallest absolute Gasteiger partial charge is 0.367 e. The molecule has 3 aliphatic rings. The van der Waals surface area contributed by atoms with Gasteiger partial charge in [0.25, 0.3) is 11.8 Å². The number of carbonyl (C=O) groups is 4. The first-order chi connectivity index (χ1) is 30.8. The molecule has 346 valence electrons. The zero-order valence-electron chi connectivity index (χ0n) is 35.9. The molecule has 1 spiro atoms. The number of benzene rings is 4. The lowest BCUT2D eigenvalue weighted by Crippen LogP contribution is -2.50. The van der Waals surface area contributed by atoms with Crippen LogP contribution in [0.3, 0.4) is 0 Å². The van der Waals surface area contributed by atoms with Gasteiger partial charge in [0.15, 0.2) is 0 Å². The zero-order valence-corrected chi connectivity index (χ0v) is 35.9. The van der Waals surface area contributed by atoms with Gasteiger partial charge in [-0.15, -0.1) is 0 Å². The van der Waals surface area contributed by atoms with E-state index in [4.69, 9.17) is 9.47 Å². The summed E-state index contributed by atoms with van der Waals surface area (Å²) in [5.74, 6) is -2.03. The van der Waals surface area contributed by atoms with E-state index in [0.717, 1.165) is 16.0 Å². The number of carbonyl (C=O) groups excluding carboxylic acids is 4. The van der Waals surface area contributed by atoms with Crippen LogP contribution in [-0.2, 0) is 44.1 Å². The van der Waals surface area contributed by atoms with Gasteiger partial charge in [0, 0.05) is 55.8 Å². The van der Waals surface area contributed by atoms with E-state index in [0.29, 0.717) is 93.5 Å². The van der Waals surface area contributed by atoms with Crippen LogP contribution in [0.15, 0.2) is 91.0 Å². The average molecular weight is 911 g/mol. The molecule has 0 N–H and O–H groups in total. The van der Waals surface area contributed by atoms with Crippen molar-refractivity contribution in [3.05, 3.63) is 141 Å². The molecule has 2 aliphatic heterocycles. The summed E-state index contributed by atoms with van der Waals surface area (Å²) < 4.78 is 109. The summed E-state index contributed by atoms with van der Waals surface area (Å²) in [4.78, 5) is 57.4. The number of likely N-dealkylation sites (N-methyl/N-ethyl adjacent to an activating group) is 1. The van der Waals surface area contributed by atoms with E-state index in [1.165, 1.54) is 30.3 Å². The molecule has 2 saturated heterocycles. The molecule has 2 heterocycles. The highest BCUT2D eigenvalue weighted by atomic mass is 19.4. The summed E-state index contributed by atoms with van der Waals surface area (Å²) >= 11 is 0. The lowest BCUT2D eigenvalue weighted by atomic mass is 9.72. The second-order valence-corrected chi connectivity index (χ2v) is 17.1. The molecule has 4 aromatic carbocycles. The lowest BCUT2D eigenvalue weighted by Gasteiger charge is -2.44. The summed E-state index contributed by atoms with van der Waals surface area (Å²) in [5, 5.41) is 0. The molecule has 0 bridgehead atoms. The molecule has 0 radical (unpaired) electrons. The Hall–Kier alpha value is -5.65. The highest BCUT2D eigenvalue weighted by Gasteiger charge is 2.50. The maximum Gasteiger partial charge on any atom is 0.416 e. The maximum atomic E-state index is 14.1. The van der Waals surface area contributed by atoms with Gasteiger partial charge in [-0.25, -0.2) is 4.39 Å². The predicted molar refractivity (Wildman–Crippen MR) is 224 cm³/mol. The number of rotatable bonds is 14. The highest BCUT2D eigenvalue weighted by molar-refractivity contribution is 5.96. The predicted octanol–water partition coefficient (Wildman–Crippen LogP) is 7.99. The summed E-state index contributed by atoms with van der Waals surface area (Å²) in [6.45, 7) is 1.66. The largest absolute Gasteiger partial charge is 0.416 e. The topological polar surface area (TPSA) is 99.7 Å². The van der Waals surface area contributed by atoms with Crippen molar-refractivity contribution in [2.45, 2.75) is 61.6 Å². The van der Waals surface area contributed by atoms with E-state index in [2.05, 4.69) is 17.0 Å². The van der Waals surface area contributed by atoms with Crippen molar-refractivity contribution in [2.75, 3.05) is 66.7 Å². The number of hydrogen-bond donors (Lipinski definition) is 0. The van der Waals surface area contributed by atoms with Crippen LogP contribution in [0.1, 0.15) is 84.6 Å². The van der Waals surface area contributed by atoms with Crippen molar-refractivity contribution in [1.29, 1.82) is 0 Å². The minimum absolute atomic E-state index is 0.0321. The first-order valence-electron chi connectivity index (χ1n) is 21.3. The molecule has 7 rings (SSSR count). The maximum absolute atomic E-state index is 14.1. The quantitative estimate of drug-likeness (QED) is 0.0935. The van der Waals surface area contributed by atoms with Crippen LogP contribution >= 0.6 is 0 Å². The van der Waals surface area contributed by atoms with Crippen LogP contribution in [0.2, 0.25) is 0 Å². The number of amides is 3. The number of ether oxygens (including phenoxy) is 2. The van der Waals surface area contributed by atoms with Gasteiger partial charge in [-0.05, 0) is 104 Å². The van der Waals surface area contributed by atoms with E-state index in [-0.39, 0.29) is 43.6 Å². The molecule has 0 saturated carbocycles. The van der Waals surface area contributed by atoms with Crippen molar-refractivity contribution >= 4 is 24.0 Å². The Kier molecular flexibility index (Phi) is 13.9. The van der Waals surface area contributed by atoms with Gasteiger partial charge in [0.05, 0.1) is 23.8 Å². The van der Waals surface area contributed by atoms with Crippen LogP contribution < -0.4 is 0 Å². The molecule has 65 heavy (non-hydrogen) atoms. The SMILES string of the molecule is CN(CCCN(C)C(=O)c1cccc(C=O)c1)C(=O)CO[C@H]1Cc2ccccc2C12CCN(CC[C@]1(c3ccc(F)cc3)CN(C(=O)c3cc(C(F)(F)F)cc(C(F)(F)F)c3)CO1)CC2. The summed E-state index contributed by atoms with van der Waals surface area (Å²) in [7, 11) is 3.36. The monoisotopic (exact) mass is 910 g/mol. The van der Waals surface area contributed by atoms with Crippen LogP contribution in [0.4, 0.5) is 30.7 Å². The average Bonchev–Trinajstić information content (AvgIpc) is 3.86. The van der Waals surface area contributed by atoms with Gasteiger partial charge in [0.2, 0.25) is 5.91 Å². The zero-order chi connectivity index (χ0) is 46.7. The van der Waals surface area contributed by atoms with Gasteiger partial charge in [-0.3, -0.25) is 19.2 Å². The first kappa shape index (κ1) is 47.3. The number of alkyl halides is 6. The molecular formula is C48H49F7N4O6. The number of piperidine rings is 1. The lowest BCUT2D eigenvalue weighted by molar-refractivity contribution is -0.143. The number of aldehydes is 1. The Morgan fingerprint density at radius 2 is 1.49 bits per heavy atom. The van der Waals surface area contributed by atoms with Gasteiger partial charge < -0.3 is 29.1 Å². The standard InChI is InChI=1S/C48H49F7N4O6/c1-56(18-6-19-57(2)43(62)34-9-5-7-32(23-34)28-60)42(61)29-64-41-26-33-8-3-4-10-40(33)45(41)15-20-58(21-16-45)22-17-46(36-11-13-39(49)14-12-36)30-59(31-65-46)44(63)35-24-37(47(50,51)52)27-38(25-35)48(53,54)55/h3-5,7-14,23-25,27-28,41H,6,15-22,26,29-31H2,1-2H3/t41-,46+/m0/s1. The molecule has 1 aliphatic carbocycles.